The van der Waals surface area contributed by atoms with Gasteiger partial charge in [-0.05, 0) is 46.0 Å². The molecular formula is C12H11BrF3NO2. The Morgan fingerprint density at radius 2 is 2.16 bits per heavy atom. The molecule has 0 saturated heterocycles. The quantitative estimate of drug-likeness (QED) is 0.869. The molecule has 104 valence electrons. The Morgan fingerprint density at radius 3 is 2.74 bits per heavy atom. The predicted octanol–water partition coefficient (Wildman–Crippen LogP) is 3.37. The molecule has 7 heteroatoms. The van der Waals surface area contributed by atoms with Crippen LogP contribution < -0.4 is 5.32 Å². The molecule has 0 aromatic heterocycles. The Balaban J connectivity index is 2.29. The molecule has 1 aromatic rings. The maximum absolute atomic E-state index is 12.7. The average molecular weight is 338 g/mol. The van der Waals surface area contributed by atoms with Crippen molar-refractivity contribution in [3.8, 4) is 0 Å². The van der Waals surface area contributed by atoms with E-state index in [0.29, 0.717) is 21.3 Å². The number of nitrogens with one attached hydrogen (secondary N) is 1. The fourth-order valence-corrected chi connectivity index (χ4v) is 2.82. The van der Waals surface area contributed by atoms with Crippen molar-refractivity contribution in [2.45, 2.75) is 31.5 Å². The SMILES string of the molecule is O=C(O)Cc1cc(Br)c2c(c1)CCC(C(F)(F)F)N2. The van der Waals surface area contributed by atoms with E-state index >= 15 is 0 Å². The molecule has 0 amide bonds. The van der Waals surface area contributed by atoms with Gasteiger partial charge in [-0.25, -0.2) is 0 Å². The summed E-state index contributed by atoms with van der Waals surface area (Å²) in [4.78, 5) is 10.7. The van der Waals surface area contributed by atoms with Gasteiger partial charge in [0.05, 0.1) is 12.1 Å². The summed E-state index contributed by atoms with van der Waals surface area (Å²) >= 11 is 3.19. The molecule has 1 aliphatic heterocycles. The molecule has 19 heavy (non-hydrogen) atoms. The number of hydrogen-bond acceptors (Lipinski definition) is 2. The highest BCUT2D eigenvalue weighted by Gasteiger charge is 2.41. The second-order valence-corrected chi connectivity index (χ2v) is 5.31. The molecule has 0 bridgehead atoms. The number of carboxylic acid groups (broad SMARTS) is 1. The van der Waals surface area contributed by atoms with Crippen LogP contribution in [0.4, 0.5) is 18.9 Å². The fraction of sp³-hybridized carbons (Fsp3) is 0.417. The first kappa shape index (κ1) is 14.2. The number of alkyl halides is 3. The van der Waals surface area contributed by atoms with Crippen molar-refractivity contribution < 1.29 is 23.1 Å². The standard InChI is InChI=1S/C12H11BrF3NO2/c13-8-4-6(5-10(18)19)3-7-1-2-9(12(14,15)16)17-11(7)8/h3-4,9,17H,1-2,5H2,(H,18,19). The predicted molar refractivity (Wildman–Crippen MR) is 67.3 cm³/mol. The minimum absolute atomic E-state index is 0.0422. The minimum Gasteiger partial charge on any atom is -0.481 e. The zero-order chi connectivity index (χ0) is 14.2. The van der Waals surface area contributed by atoms with E-state index < -0.39 is 18.2 Å². The van der Waals surface area contributed by atoms with Crippen molar-refractivity contribution >= 4 is 27.6 Å². The summed E-state index contributed by atoms with van der Waals surface area (Å²) in [5, 5.41) is 11.2. The molecule has 1 atom stereocenters. The van der Waals surface area contributed by atoms with Crippen LogP contribution in [0, 0.1) is 0 Å². The first-order valence-electron chi connectivity index (χ1n) is 5.63. The van der Waals surface area contributed by atoms with Gasteiger partial charge in [0.1, 0.15) is 6.04 Å². The number of aryl methyl sites for hydroxylation is 1. The van der Waals surface area contributed by atoms with Gasteiger partial charge in [-0.3, -0.25) is 4.79 Å². The van der Waals surface area contributed by atoms with Gasteiger partial charge in [0.15, 0.2) is 0 Å². The summed E-state index contributed by atoms with van der Waals surface area (Å²) in [5.41, 5.74) is 1.69. The second-order valence-electron chi connectivity index (χ2n) is 4.46. The van der Waals surface area contributed by atoms with Crippen molar-refractivity contribution in [2.24, 2.45) is 0 Å². The van der Waals surface area contributed by atoms with Gasteiger partial charge in [0.2, 0.25) is 0 Å². The molecule has 2 N–H and O–H groups in total. The number of aliphatic carboxylic acids is 1. The lowest BCUT2D eigenvalue weighted by Gasteiger charge is -2.29. The van der Waals surface area contributed by atoms with E-state index in [4.69, 9.17) is 5.11 Å². The van der Waals surface area contributed by atoms with Crippen LogP contribution in [0.15, 0.2) is 16.6 Å². The van der Waals surface area contributed by atoms with Crippen LogP contribution in [0.3, 0.4) is 0 Å². The topological polar surface area (TPSA) is 49.3 Å². The van der Waals surface area contributed by atoms with Crippen LogP contribution in [0.25, 0.3) is 0 Å². The third-order valence-corrected chi connectivity index (χ3v) is 3.63. The van der Waals surface area contributed by atoms with Gasteiger partial charge in [-0.15, -0.1) is 0 Å². The lowest BCUT2D eigenvalue weighted by Crippen LogP contribution is -2.39. The van der Waals surface area contributed by atoms with Gasteiger partial charge < -0.3 is 10.4 Å². The van der Waals surface area contributed by atoms with E-state index in [-0.39, 0.29) is 19.3 Å². The first-order chi connectivity index (χ1) is 8.77. The van der Waals surface area contributed by atoms with Crippen molar-refractivity contribution in [1.29, 1.82) is 0 Å². The molecule has 3 nitrogen and oxygen atoms in total. The summed E-state index contributed by atoms with van der Waals surface area (Å²) in [6.07, 6.45) is -4.19. The smallest absolute Gasteiger partial charge is 0.408 e. The molecule has 1 aromatic carbocycles. The van der Waals surface area contributed by atoms with Crippen LogP contribution >= 0.6 is 15.9 Å². The number of benzene rings is 1. The van der Waals surface area contributed by atoms with Crippen LogP contribution in [-0.4, -0.2) is 23.3 Å². The van der Waals surface area contributed by atoms with Crippen molar-refractivity contribution in [1.82, 2.24) is 0 Å². The molecule has 0 radical (unpaired) electrons. The third-order valence-electron chi connectivity index (χ3n) is 3.00. The number of halogens is 4. The summed E-state index contributed by atoms with van der Waals surface area (Å²) in [6.45, 7) is 0. The highest BCUT2D eigenvalue weighted by molar-refractivity contribution is 9.10. The van der Waals surface area contributed by atoms with Gasteiger partial charge in [-0.1, -0.05) is 6.07 Å². The maximum atomic E-state index is 12.7. The normalized spacial score (nSPS) is 18.6. The molecule has 1 heterocycles. The summed E-state index contributed by atoms with van der Waals surface area (Å²) in [5.74, 6) is -0.969. The van der Waals surface area contributed by atoms with Crippen molar-refractivity contribution in [2.75, 3.05) is 5.32 Å². The zero-order valence-corrected chi connectivity index (χ0v) is 11.3. The lowest BCUT2D eigenvalue weighted by molar-refractivity contribution is -0.144. The van der Waals surface area contributed by atoms with Crippen molar-refractivity contribution in [3.63, 3.8) is 0 Å². The van der Waals surface area contributed by atoms with E-state index in [1.807, 2.05) is 0 Å². The Kier molecular flexibility index (Phi) is 3.75. The van der Waals surface area contributed by atoms with Gasteiger partial charge >= 0.3 is 12.1 Å². The number of fused-ring (bicyclic) bond motifs is 1. The summed E-state index contributed by atoms with van der Waals surface area (Å²) < 4.78 is 38.5. The van der Waals surface area contributed by atoms with Crippen LogP contribution in [0.2, 0.25) is 0 Å². The average Bonchev–Trinajstić information content (AvgIpc) is 2.26. The highest BCUT2D eigenvalue weighted by atomic mass is 79.9. The fourth-order valence-electron chi connectivity index (χ4n) is 2.15. The lowest BCUT2D eigenvalue weighted by atomic mass is 9.95. The van der Waals surface area contributed by atoms with Gasteiger partial charge in [0.25, 0.3) is 0 Å². The Hall–Kier alpha value is -1.24. The van der Waals surface area contributed by atoms with E-state index in [2.05, 4.69) is 21.2 Å². The second kappa shape index (κ2) is 5.03. The molecule has 0 saturated carbocycles. The molecule has 0 fully saturated rings. The number of anilines is 1. The first-order valence-corrected chi connectivity index (χ1v) is 6.43. The van der Waals surface area contributed by atoms with Gasteiger partial charge in [-0.2, -0.15) is 13.2 Å². The Bertz CT molecular complexity index is 516. The Labute approximate surface area is 115 Å². The minimum atomic E-state index is -4.28. The molecule has 0 spiro atoms. The van der Waals surface area contributed by atoms with E-state index in [1.165, 1.54) is 0 Å². The molecule has 1 unspecified atom stereocenters. The molecule has 1 aliphatic rings. The largest absolute Gasteiger partial charge is 0.481 e. The molecule has 2 rings (SSSR count). The molecule has 0 aliphatic carbocycles. The van der Waals surface area contributed by atoms with E-state index in [1.54, 1.807) is 12.1 Å². The summed E-state index contributed by atoms with van der Waals surface area (Å²) in [7, 11) is 0. The monoisotopic (exact) mass is 337 g/mol. The van der Waals surface area contributed by atoms with Crippen LogP contribution in [-0.2, 0) is 17.6 Å². The van der Waals surface area contributed by atoms with Crippen molar-refractivity contribution in [3.05, 3.63) is 27.7 Å². The zero-order valence-electron chi connectivity index (χ0n) is 9.72. The van der Waals surface area contributed by atoms with Gasteiger partial charge in [0, 0.05) is 4.47 Å². The number of carbonyl (C=O) groups is 1. The highest BCUT2D eigenvalue weighted by Crippen LogP contribution is 2.37. The van der Waals surface area contributed by atoms with Crippen LogP contribution in [0.1, 0.15) is 17.5 Å². The molecular weight excluding hydrogens is 327 g/mol. The Morgan fingerprint density at radius 1 is 1.47 bits per heavy atom. The maximum Gasteiger partial charge on any atom is 0.408 e. The number of hydrogen-bond donors (Lipinski definition) is 2. The summed E-state index contributed by atoms with van der Waals surface area (Å²) in [6, 6.07) is 1.63. The number of rotatable bonds is 2. The third kappa shape index (κ3) is 3.20. The van der Waals surface area contributed by atoms with E-state index in [9.17, 15) is 18.0 Å². The van der Waals surface area contributed by atoms with E-state index in [0.717, 1.165) is 0 Å². The van der Waals surface area contributed by atoms with Crippen LogP contribution in [0.5, 0.6) is 0 Å². The number of carboxylic acids is 1.